The molecule has 0 aromatic heterocycles. The third-order valence-electron chi connectivity index (χ3n) is 1.33. The summed E-state index contributed by atoms with van der Waals surface area (Å²) in [7, 11) is -4.78. The van der Waals surface area contributed by atoms with E-state index < -0.39 is 16.4 Å². The van der Waals surface area contributed by atoms with Crippen LogP contribution in [0.4, 0.5) is 0 Å². The third kappa shape index (κ3) is 3.54. The van der Waals surface area contributed by atoms with Crippen LogP contribution in [0.1, 0.15) is 10.4 Å². The van der Waals surface area contributed by atoms with E-state index in [1.165, 1.54) is 24.3 Å². The molecule has 0 fully saturated rings. The SMILES string of the molecule is O=C(O)c1ccccc1OOS(=O)(=O)O. The van der Waals surface area contributed by atoms with Crippen molar-refractivity contribution in [1.82, 2.24) is 0 Å². The number of para-hydroxylation sites is 1. The van der Waals surface area contributed by atoms with Gasteiger partial charge in [0.1, 0.15) is 5.56 Å². The van der Waals surface area contributed by atoms with Crippen molar-refractivity contribution in [1.29, 1.82) is 0 Å². The Labute approximate surface area is 84.7 Å². The normalized spacial score (nSPS) is 11.0. The summed E-state index contributed by atoms with van der Waals surface area (Å²) in [5.41, 5.74) is -0.291. The molecule has 0 spiro atoms. The molecule has 1 aromatic rings. The molecule has 1 rings (SSSR count). The quantitative estimate of drug-likeness (QED) is 0.443. The zero-order valence-corrected chi connectivity index (χ0v) is 7.97. The highest BCUT2D eigenvalue weighted by atomic mass is 32.3. The van der Waals surface area contributed by atoms with Crippen molar-refractivity contribution in [3.05, 3.63) is 29.8 Å². The first-order chi connectivity index (χ1) is 6.90. The molecule has 8 heteroatoms. The molecule has 0 atom stereocenters. The van der Waals surface area contributed by atoms with Crippen LogP contribution in [-0.2, 0) is 14.7 Å². The smallest absolute Gasteiger partial charge is 0.432 e. The van der Waals surface area contributed by atoms with Crippen molar-refractivity contribution in [3.63, 3.8) is 0 Å². The molecule has 0 heterocycles. The van der Waals surface area contributed by atoms with Crippen LogP contribution in [0.25, 0.3) is 0 Å². The molecule has 0 aliphatic rings. The zero-order chi connectivity index (χ0) is 11.5. The van der Waals surface area contributed by atoms with Crippen molar-refractivity contribution >= 4 is 16.4 Å². The average molecular weight is 234 g/mol. The molecule has 0 aliphatic carbocycles. The first-order valence-electron chi connectivity index (χ1n) is 3.56. The van der Waals surface area contributed by atoms with E-state index in [-0.39, 0.29) is 11.3 Å². The Kier molecular flexibility index (Phi) is 3.24. The standard InChI is InChI=1S/C7H6O7S/c8-7(9)5-3-1-2-4-6(5)13-14-15(10,11)12/h1-4H,(H,8,9)(H,10,11,12). The van der Waals surface area contributed by atoms with Gasteiger partial charge in [0.05, 0.1) is 0 Å². The van der Waals surface area contributed by atoms with E-state index in [1.54, 1.807) is 0 Å². The maximum absolute atomic E-state index is 10.6. The van der Waals surface area contributed by atoms with Gasteiger partial charge in [-0.05, 0) is 16.5 Å². The summed E-state index contributed by atoms with van der Waals surface area (Å²) >= 11 is 0. The maximum Gasteiger partial charge on any atom is 0.432 e. The molecule has 0 bridgehead atoms. The molecular formula is C7H6O7S. The Balaban J connectivity index is 2.90. The van der Waals surface area contributed by atoms with Crippen LogP contribution in [0.2, 0.25) is 0 Å². The molecule has 0 radical (unpaired) electrons. The van der Waals surface area contributed by atoms with Gasteiger partial charge < -0.3 is 9.99 Å². The average Bonchev–Trinajstić information content (AvgIpc) is 2.14. The first-order valence-corrected chi connectivity index (χ1v) is 4.92. The molecular weight excluding hydrogens is 228 g/mol. The summed E-state index contributed by atoms with van der Waals surface area (Å²) in [6.07, 6.45) is 0. The van der Waals surface area contributed by atoms with Crippen molar-refractivity contribution in [3.8, 4) is 5.75 Å². The van der Waals surface area contributed by atoms with E-state index in [0.29, 0.717) is 0 Å². The van der Waals surface area contributed by atoms with Crippen molar-refractivity contribution in [2.45, 2.75) is 0 Å². The minimum atomic E-state index is -4.78. The summed E-state index contributed by atoms with van der Waals surface area (Å²) < 4.78 is 32.0. The summed E-state index contributed by atoms with van der Waals surface area (Å²) in [4.78, 5) is 14.7. The Morgan fingerprint density at radius 2 is 1.87 bits per heavy atom. The minimum absolute atomic E-state index is 0.291. The van der Waals surface area contributed by atoms with Crippen LogP contribution < -0.4 is 4.89 Å². The van der Waals surface area contributed by atoms with E-state index in [2.05, 4.69) is 9.22 Å². The van der Waals surface area contributed by atoms with E-state index in [0.717, 1.165) is 0 Å². The van der Waals surface area contributed by atoms with E-state index in [1.807, 2.05) is 0 Å². The van der Waals surface area contributed by atoms with E-state index in [4.69, 9.17) is 9.66 Å². The van der Waals surface area contributed by atoms with Gasteiger partial charge in [-0.25, -0.2) is 4.79 Å². The number of hydrogen-bond acceptors (Lipinski definition) is 5. The van der Waals surface area contributed by atoms with Gasteiger partial charge >= 0.3 is 16.4 Å². The second-order valence-corrected chi connectivity index (χ2v) is 3.37. The molecule has 0 amide bonds. The number of carboxylic acids is 1. The minimum Gasteiger partial charge on any atom is -0.478 e. The van der Waals surface area contributed by atoms with Gasteiger partial charge in [-0.1, -0.05) is 12.1 Å². The lowest BCUT2D eigenvalue weighted by atomic mass is 10.2. The Morgan fingerprint density at radius 1 is 1.27 bits per heavy atom. The van der Waals surface area contributed by atoms with Crippen molar-refractivity contribution in [2.75, 3.05) is 0 Å². The van der Waals surface area contributed by atoms with Gasteiger partial charge in [0.25, 0.3) is 0 Å². The Hall–Kier alpha value is -1.64. The molecule has 82 valence electrons. The van der Waals surface area contributed by atoms with Gasteiger partial charge in [0, 0.05) is 0 Å². The van der Waals surface area contributed by atoms with Crippen LogP contribution in [0.5, 0.6) is 5.75 Å². The number of benzene rings is 1. The van der Waals surface area contributed by atoms with Crippen LogP contribution >= 0.6 is 0 Å². The lowest BCUT2D eigenvalue weighted by Gasteiger charge is -2.03. The molecule has 1 aromatic carbocycles. The summed E-state index contributed by atoms with van der Waals surface area (Å²) in [5, 5.41) is 8.65. The number of carbonyl (C=O) groups is 1. The van der Waals surface area contributed by atoms with Crippen molar-refractivity contribution < 1.29 is 32.1 Å². The second-order valence-electron chi connectivity index (χ2n) is 2.38. The monoisotopic (exact) mass is 234 g/mol. The fourth-order valence-corrected chi connectivity index (χ4v) is 0.955. The fourth-order valence-electron chi connectivity index (χ4n) is 0.796. The second kappa shape index (κ2) is 4.26. The van der Waals surface area contributed by atoms with E-state index >= 15 is 0 Å². The fraction of sp³-hybridized carbons (Fsp3) is 0. The summed E-state index contributed by atoms with van der Waals surface area (Å²) in [6, 6.07) is 5.19. The predicted octanol–water partition coefficient (Wildman–Crippen LogP) is 0.498. The molecule has 0 aliphatic heterocycles. The molecule has 15 heavy (non-hydrogen) atoms. The summed E-state index contributed by atoms with van der Waals surface area (Å²) in [5.74, 6) is -1.65. The zero-order valence-electron chi connectivity index (χ0n) is 7.15. The van der Waals surface area contributed by atoms with Gasteiger partial charge in [0.15, 0.2) is 5.75 Å². The molecule has 2 N–H and O–H groups in total. The van der Waals surface area contributed by atoms with Gasteiger partial charge in [0.2, 0.25) is 0 Å². The van der Waals surface area contributed by atoms with Gasteiger partial charge in [-0.2, -0.15) is 8.42 Å². The number of aromatic carboxylic acids is 1. The van der Waals surface area contributed by atoms with Crippen LogP contribution in [0.3, 0.4) is 0 Å². The highest BCUT2D eigenvalue weighted by Gasteiger charge is 2.14. The first kappa shape index (κ1) is 11.4. The highest BCUT2D eigenvalue weighted by molar-refractivity contribution is 7.80. The highest BCUT2D eigenvalue weighted by Crippen LogP contribution is 2.18. The molecule has 0 unspecified atom stereocenters. The topological polar surface area (TPSA) is 110 Å². The number of carboxylic acid groups (broad SMARTS) is 1. The predicted molar refractivity (Wildman–Crippen MR) is 46.7 cm³/mol. The lowest BCUT2D eigenvalue weighted by molar-refractivity contribution is -0.103. The summed E-state index contributed by atoms with van der Waals surface area (Å²) in [6.45, 7) is 0. The number of hydrogen-bond donors (Lipinski definition) is 2. The van der Waals surface area contributed by atoms with Crippen LogP contribution in [0.15, 0.2) is 24.3 Å². The van der Waals surface area contributed by atoms with Gasteiger partial charge in [-0.15, -0.1) is 0 Å². The maximum atomic E-state index is 10.6. The van der Waals surface area contributed by atoms with Crippen LogP contribution in [0, 0.1) is 0 Å². The molecule has 0 saturated carbocycles. The van der Waals surface area contributed by atoms with E-state index in [9.17, 15) is 13.2 Å². The van der Waals surface area contributed by atoms with Crippen LogP contribution in [-0.4, -0.2) is 24.0 Å². The molecule has 0 saturated heterocycles. The lowest BCUT2D eigenvalue weighted by Crippen LogP contribution is -2.09. The van der Waals surface area contributed by atoms with Gasteiger partial charge in [-0.3, -0.25) is 4.55 Å². The molecule has 7 nitrogen and oxygen atoms in total. The Morgan fingerprint density at radius 3 is 2.40 bits per heavy atom. The largest absolute Gasteiger partial charge is 0.478 e. The third-order valence-corrected chi connectivity index (χ3v) is 1.57. The number of rotatable bonds is 4. The Bertz CT molecular complexity index is 464. The van der Waals surface area contributed by atoms with Crippen molar-refractivity contribution in [2.24, 2.45) is 0 Å².